The van der Waals surface area contributed by atoms with Gasteiger partial charge in [0.25, 0.3) is 0 Å². The molecule has 1 atom stereocenters. The third-order valence-electron chi connectivity index (χ3n) is 2.94. The number of hydrogen-bond donors (Lipinski definition) is 2. The zero-order valence-corrected chi connectivity index (χ0v) is 15.6. The van der Waals surface area contributed by atoms with Crippen LogP contribution in [0.5, 0.6) is 0 Å². The molecule has 1 aromatic heterocycles. The number of nitrogens with one attached hydrogen (secondary N) is 2. The van der Waals surface area contributed by atoms with Gasteiger partial charge in [-0.25, -0.2) is 13.1 Å². The van der Waals surface area contributed by atoms with Crippen molar-refractivity contribution >= 4 is 33.1 Å². The van der Waals surface area contributed by atoms with Gasteiger partial charge in [0, 0.05) is 23.5 Å². The summed E-state index contributed by atoms with van der Waals surface area (Å²) in [4.78, 5) is 1.10. The maximum Gasteiger partial charge on any atom is 0.250 e. The quantitative estimate of drug-likeness (QED) is 0.681. The fourth-order valence-electron chi connectivity index (χ4n) is 1.80. The van der Waals surface area contributed by atoms with Gasteiger partial charge in [-0.15, -0.1) is 11.3 Å². The minimum absolute atomic E-state index is 0.0318. The average molecular weight is 351 g/mol. The lowest BCUT2D eigenvalue weighted by Gasteiger charge is -2.12. The Balaban J connectivity index is 2.57. The summed E-state index contributed by atoms with van der Waals surface area (Å²) in [5.74, 6) is 0.959. The second-order valence-corrected chi connectivity index (χ2v) is 9.48. The van der Waals surface area contributed by atoms with Crippen LogP contribution in [-0.2, 0) is 16.4 Å². The van der Waals surface area contributed by atoms with Crippen LogP contribution in [0.15, 0.2) is 16.3 Å². The average Bonchev–Trinajstić information content (AvgIpc) is 2.85. The molecule has 0 aromatic carbocycles. The highest BCUT2D eigenvalue weighted by atomic mass is 32.2. The molecule has 4 nitrogen and oxygen atoms in total. The first-order valence-electron chi connectivity index (χ1n) is 7.18. The fraction of sp³-hybridized carbons (Fsp3) is 0.714. The summed E-state index contributed by atoms with van der Waals surface area (Å²) < 4.78 is 27.7. The fourth-order valence-corrected chi connectivity index (χ4v) is 5.04. The van der Waals surface area contributed by atoms with Crippen LogP contribution in [0.1, 0.15) is 32.1 Å². The SMILES string of the molecule is CSCCC(C)NS(=O)(=O)c1ccc(CCNC(C)C)s1. The van der Waals surface area contributed by atoms with Crippen molar-refractivity contribution in [2.24, 2.45) is 0 Å². The van der Waals surface area contributed by atoms with Crippen LogP contribution in [0, 0.1) is 0 Å². The van der Waals surface area contributed by atoms with E-state index in [1.807, 2.05) is 19.2 Å². The Hall–Kier alpha value is -0.0800. The Labute approximate surface area is 137 Å². The summed E-state index contributed by atoms with van der Waals surface area (Å²) in [6, 6.07) is 4.04. The Morgan fingerprint density at radius 1 is 1.29 bits per heavy atom. The van der Waals surface area contributed by atoms with E-state index in [0.717, 1.165) is 30.0 Å². The van der Waals surface area contributed by atoms with E-state index in [1.165, 1.54) is 11.3 Å². The summed E-state index contributed by atoms with van der Waals surface area (Å²) in [5.41, 5.74) is 0. The van der Waals surface area contributed by atoms with Gasteiger partial charge in [-0.2, -0.15) is 11.8 Å². The highest BCUT2D eigenvalue weighted by molar-refractivity contribution is 7.98. The first kappa shape index (κ1) is 19.0. The Morgan fingerprint density at radius 2 is 2.00 bits per heavy atom. The van der Waals surface area contributed by atoms with Gasteiger partial charge >= 0.3 is 0 Å². The molecule has 0 bridgehead atoms. The standard InChI is InChI=1S/C14H26N2O2S3/c1-11(2)15-9-7-13-5-6-14(20-13)21(17,18)16-12(3)8-10-19-4/h5-6,11-12,15-16H,7-10H2,1-4H3. The van der Waals surface area contributed by atoms with E-state index in [-0.39, 0.29) is 6.04 Å². The van der Waals surface area contributed by atoms with Crippen LogP contribution in [0.2, 0.25) is 0 Å². The largest absolute Gasteiger partial charge is 0.314 e. The Kier molecular flexibility index (Phi) is 8.26. The van der Waals surface area contributed by atoms with Crippen molar-refractivity contribution in [1.29, 1.82) is 0 Å². The van der Waals surface area contributed by atoms with Crippen molar-refractivity contribution in [3.63, 3.8) is 0 Å². The zero-order valence-electron chi connectivity index (χ0n) is 13.2. The van der Waals surface area contributed by atoms with E-state index in [4.69, 9.17) is 0 Å². The van der Waals surface area contributed by atoms with Crippen molar-refractivity contribution in [3.05, 3.63) is 17.0 Å². The molecule has 0 saturated carbocycles. The van der Waals surface area contributed by atoms with E-state index < -0.39 is 10.0 Å². The highest BCUT2D eigenvalue weighted by Gasteiger charge is 2.19. The molecule has 1 unspecified atom stereocenters. The third kappa shape index (κ3) is 7.15. The lowest BCUT2D eigenvalue weighted by Crippen LogP contribution is -2.32. The Morgan fingerprint density at radius 3 is 2.62 bits per heavy atom. The highest BCUT2D eigenvalue weighted by Crippen LogP contribution is 2.22. The van der Waals surface area contributed by atoms with Crippen LogP contribution < -0.4 is 10.0 Å². The summed E-state index contributed by atoms with van der Waals surface area (Å²) in [5, 5.41) is 3.34. The van der Waals surface area contributed by atoms with Gasteiger partial charge in [0.05, 0.1) is 0 Å². The second kappa shape index (κ2) is 9.15. The third-order valence-corrected chi connectivity index (χ3v) is 6.81. The molecule has 21 heavy (non-hydrogen) atoms. The topological polar surface area (TPSA) is 58.2 Å². The first-order valence-corrected chi connectivity index (χ1v) is 10.9. The van der Waals surface area contributed by atoms with E-state index in [1.54, 1.807) is 17.8 Å². The molecule has 0 radical (unpaired) electrons. The predicted molar refractivity (Wildman–Crippen MR) is 93.9 cm³/mol. The number of sulfonamides is 1. The van der Waals surface area contributed by atoms with E-state index in [9.17, 15) is 8.42 Å². The van der Waals surface area contributed by atoms with Crippen LogP contribution >= 0.6 is 23.1 Å². The molecule has 0 aliphatic heterocycles. The molecule has 1 heterocycles. The minimum Gasteiger partial charge on any atom is -0.314 e. The van der Waals surface area contributed by atoms with E-state index in [0.29, 0.717) is 10.3 Å². The lowest BCUT2D eigenvalue weighted by molar-refractivity contribution is 0.559. The molecule has 2 N–H and O–H groups in total. The number of thiophene rings is 1. The zero-order chi connectivity index (χ0) is 15.9. The minimum atomic E-state index is -3.37. The Bertz CT molecular complexity index is 512. The maximum atomic E-state index is 12.3. The monoisotopic (exact) mass is 350 g/mol. The molecular formula is C14H26N2O2S3. The van der Waals surface area contributed by atoms with Crippen molar-refractivity contribution in [1.82, 2.24) is 10.0 Å². The molecule has 0 saturated heterocycles. The summed E-state index contributed by atoms with van der Waals surface area (Å²) in [6.07, 6.45) is 3.73. The van der Waals surface area contributed by atoms with Crippen LogP contribution in [0.3, 0.4) is 0 Å². The molecule has 1 rings (SSSR count). The molecule has 0 aliphatic carbocycles. The van der Waals surface area contributed by atoms with E-state index in [2.05, 4.69) is 23.9 Å². The molecule has 122 valence electrons. The molecule has 0 spiro atoms. The van der Waals surface area contributed by atoms with Crippen LogP contribution in [0.4, 0.5) is 0 Å². The normalized spacial score (nSPS) is 13.8. The van der Waals surface area contributed by atoms with Gasteiger partial charge in [0.1, 0.15) is 4.21 Å². The van der Waals surface area contributed by atoms with Gasteiger partial charge in [0.15, 0.2) is 0 Å². The van der Waals surface area contributed by atoms with Crippen molar-refractivity contribution < 1.29 is 8.42 Å². The van der Waals surface area contributed by atoms with Crippen molar-refractivity contribution in [3.8, 4) is 0 Å². The molecule has 1 aromatic rings. The molecule has 0 amide bonds. The van der Waals surface area contributed by atoms with Crippen molar-refractivity contribution in [2.45, 2.75) is 49.9 Å². The van der Waals surface area contributed by atoms with E-state index >= 15 is 0 Å². The van der Waals surface area contributed by atoms with Gasteiger partial charge in [-0.1, -0.05) is 13.8 Å². The van der Waals surface area contributed by atoms with Crippen LogP contribution in [-0.4, -0.2) is 39.1 Å². The summed E-state index contributed by atoms with van der Waals surface area (Å²) in [7, 11) is -3.37. The first-order chi connectivity index (χ1) is 9.85. The maximum absolute atomic E-state index is 12.3. The smallest absolute Gasteiger partial charge is 0.250 e. The van der Waals surface area contributed by atoms with Gasteiger partial charge in [-0.3, -0.25) is 0 Å². The summed E-state index contributed by atoms with van der Waals surface area (Å²) >= 11 is 3.09. The second-order valence-electron chi connectivity index (χ2n) is 5.38. The molecule has 0 aliphatic rings. The summed E-state index contributed by atoms with van der Waals surface area (Å²) in [6.45, 7) is 6.98. The van der Waals surface area contributed by atoms with Gasteiger partial charge in [-0.05, 0) is 43.9 Å². The lowest BCUT2D eigenvalue weighted by atomic mass is 10.3. The number of rotatable bonds is 10. The number of thioether (sulfide) groups is 1. The predicted octanol–water partition coefficient (Wildman–Crippen LogP) is 2.71. The van der Waals surface area contributed by atoms with Gasteiger partial charge < -0.3 is 5.32 Å². The van der Waals surface area contributed by atoms with Crippen molar-refractivity contribution in [2.75, 3.05) is 18.6 Å². The number of hydrogen-bond acceptors (Lipinski definition) is 5. The molecule has 7 heteroatoms. The molecular weight excluding hydrogens is 324 g/mol. The van der Waals surface area contributed by atoms with Gasteiger partial charge in [0.2, 0.25) is 10.0 Å². The van der Waals surface area contributed by atoms with Crippen LogP contribution in [0.25, 0.3) is 0 Å². The molecule has 0 fully saturated rings.